The Balaban J connectivity index is 1.46. The Morgan fingerprint density at radius 2 is 1.75 bits per heavy atom. The number of para-hydroxylation sites is 1. The molecule has 0 radical (unpaired) electrons. The van der Waals surface area contributed by atoms with Gasteiger partial charge in [0.15, 0.2) is 17.3 Å². The molecule has 0 unspecified atom stereocenters. The van der Waals surface area contributed by atoms with Crippen LogP contribution in [-0.2, 0) is 0 Å². The third-order valence-corrected chi connectivity index (χ3v) is 6.19. The summed E-state index contributed by atoms with van der Waals surface area (Å²) in [5.41, 5.74) is 5.44. The monoisotopic (exact) mass is 494 g/mol. The summed E-state index contributed by atoms with van der Waals surface area (Å²) >= 11 is 5.49. The second-order valence-electron chi connectivity index (χ2n) is 8.30. The van der Waals surface area contributed by atoms with Crippen molar-refractivity contribution in [3.8, 4) is 39.8 Å². The van der Waals surface area contributed by atoms with Gasteiger partial charge < -0.3 is 9.47 Å². The average molecular weight is 495 g/mol. The maximum atomic E-state index is 5.80. The zero-order chi connectivity index (χ0) is 24.5. The number of nitrogens with zero attached hydrogens (tertiary/aromatic N) is 5. The number of hydrogen-bond donors (Lipinski definition) is 1. The molecule has 5 aromatic rings. The molecule has 36 heavy (non-hydrogen) atoms. The first kappa shape index (κ1) is 22.0. The molecule has 9 heteroatoms. The lowest BCUT2D eigenvalue weighted by molar-refractivity contribution is 0.171. The van der Waals surface area contributed by atoms with E-state index in [-0.39, 0.29) is 0 Å². The van der Waals surface area contributed by atoms with E-state index in [1.807, 2.05) is 90.6 Å². The third-order valence-electron chi connectivity index (χ3n) is 5.93. The van der Waals surface area contributed by atoms with Crippen LogP contribution in [0.3, 0.4) is 0 Å². The highest BCUT2D eigenvalue weighted by atomic mass is 32.1. The van der Waals surface area contributed by atoms with Gasteiger partial charge in [-0.2, -0.15) is 20.0 Å². The fraction of sp³-hybridized carbons (Fsp3) is 0.111. The molecular weight excluding hydrogens is 472 g/mol. The molecule has 0 spiro atoms. The minimum atomic E-state index is 0.404. The van der Waals surface area contributed by atoms with E-state index >= 15 is 0 Å². The van der Waals surface area contributed by atoms with E-state index in [0.717, 1.165) is 39.4 Å². The van der Waals surface area contributed by atoms with Crippen molar-refractivity contribution in [2.24, 2.45) is 5.10 Å². The lowest BCUT2D eigenvalue weighted by Gasteiger charge is -2.18. The largest absolute Gasteiger partial charge is 0.486 e. The van der Waals surface area contributed by atoms with Crippen molar-refractivity contribution in [3.63, 3.8) is 0 Å². The molecule has 1 aliphatic rings. The van der Waals surface area contributed by atoms with Gasteiger partial charge in [0.2, 0.25) is 4.77 Å². The van der Waals surface area contributed by atoms with Crippen LogP contribution in [0.5, 0.6) is 11.5 Å². The van der Waals surface area contributed by atoms with Gasteiger partial charge >= 0.3 is 0 Å². The molecule has 0 aliphatic carbocycles. The van der Waals surface area contributed by atoms with Crippen LogP contribution in [-0.4, -0.2) is 44.1 Å². The molecule has 0 fully saturated rings. The summed E-state index contributed by atoms with van der Waals surface area (Å²) < 4.78 is 15.4. The van der Waals surface area contributed by atoms with Crippen molar-refractivity contribution in [1.29, 1.82) is 0 Å². The van der Waals surface area contributed by atoms with Gasteiger partial charge in [0.1, 0.15) is 18.9 Å². The summed E-state index contributed by atoms with van der Waals surface area (Å²) in [7, 11) is 0. The number of nitrogens with one attached hydrogen (secondary N) is 1. The fourth-order valence-electron chi connectivity index (χ4n) is 4.13. The van der Waals surface area contributed by atoms with Crippen LogP contribution in [0.15, 0.2) is 84.1 Å². The highest BCUT2D eigenvalue weighted by Crippen LogP contribution is 2.35. The lowest BCUT2D eigenvalue weighted by Crippen LogP contribution is -2.15. The number of aryl methyl sites for hydroxylation is 1. The highest BCUT2D eigenvalue weighted by Gasteiger charge is 2.17. The summed E-state index contributed by atoms with van der Waals surface area (Å²) in [4.78, 5) is 0. The molecule has 1 aliphatic heterocycles. The number of ether oxygens (including phenoxy) is 2. The van der Waals surface area contributed by atoms with Gasteiger partial charge in [-0.3, -0.25) is 0 Å². The van der Waals surface area contributed by atoms with Gasteiger partial charge in [0.05, 0.1) is 11.9 Å². The molecule has 8 nitrogen and oxygen atoms in total. The predicted octanol–water partition coefficient (Wildman–Crippen LogP) is 5.42. The van der Waals surface area contributed by atoms with Gasteiger partial charge in [-0.1, -0.05) is 42.5 Å². The Morgan fingerprint density at radius 1 is 0.972 bits per heavy atom. The summed E-state index contributed by atoms with van der Waals surface area (Å²) in [6, 6.07) is 23.8. The van der Waals surface area contributed by atoms with Gasteiger partial charge in [-0.15, -0.1) is 0 Å². The second-order valence-corrected chi connectivity index (χ2v) is 8.68. The summed E-state index contributed by atoms with van der Waals surface area (Å²) in [5, 5.41) is 16.9. The van der Waals surface area contributed by atoms with Gasteiger partial charge in [-0.25, -0.2) is 9.78 Å². The normalized spacial score (nSPS) is 12.8. The molecule has 6 rings (SSSR count). The predicted molar refractivity (Wildman–Crippen MR) is 141 cm³/mol. The summed E-state index contributed by atoms with van der Waals surface area (Å²) in [6.45, 7) is 3.09. The highest BCUT2D eigenvalue weighted by molar-refractivity contribution is 7.71. The fourth-order valence-corrected chi connectivity index (χ4v) is 4.31. The molecule has 0 saturated heterocycles. The Kier molecular flexibility index (Phi) is 5.67. The SMILES string of the molecule is Cc1ccccc1-c1n[nH]c(=S)n1/N=C\c1cn(-c2ccccc2)nc1-c1ccc2c(c1)OCCO2. The van der Waals surface area contributed by atoms with Gasteiger partial charge in [0, 0.05) is 22.9 Å². The van der Waals surface area contributed by atoms with E-state index in [0.29, 0.717) is 29.6 Å². The molecular formula is C27H22N6O2S. The van der Waals surface area contributed by atoms with Crippen LogP contribution in [0.4, 0.5) is 0 Å². The van der Waals surface area contributed by atoms with Crippen LogP contribution < -0.4 is 9.47 Å². The smallest absolute Gasteiger partial charge is 0.216 e. The number of rotatable bonds is 5. The van der Waals surface area contributed by atoms with Crippen LogP contribution in [0.2, 0.25) is 0 Å². The number of hydrogen-bond acceptors (Lipinski definition) is 6. The molecule has 0 atom stereocenters. The lowest BCUT2D eigenvalue weighted by atomic mass is 10.1. The Hall–Kier alpha value is -4.50. The maximum Gasteiger partial charge on any atom is 0.216 e. The molecule has 3 aromatic carbocycles. The maximum absolute atomic E-state index is 5.80. The van der Waals surface area contributed by atoms with E-state index in [2.05, 4.69) is 10.2 Å². The quantitative estimate of drug-likeness (QED) is 0.261. The van der Waals surface area contributed by atoms with Crippen LogP contribution in [0, 0.1) is 11.7 Å². The number of H-pyrrole nitrogens is 1. The first-order valence-electron chi connectivity index (χ1n) is 11.5. The van der Waals surface area contributed by atoms with E-state index in [1.165, 1.54) is 0 Å². The number of benzene rings is 3. The Labute approximate surface area is 212 Å². The van der Waals surface area contributed by atoms with Crippen molar-refractivity contribution >= 4 is 18.4 Å². The standard InChI is InChI=1S/C27H22N6O2S/c1-18-7-5-6-10-22(18)26-29-30-27(36)33(26)28-16-20-17-32(21-8-3-2-4-9-21)31-25(20)19-11-12-23-24(15-19)35-14-13-34-23/h2-12,15-17H,13-14H2,1H3,(H,30,36)/b28-16-. The average Bonchev–Trinajstić information content (AvgIpc) is 3.51. The van der Waals surface area contributed by atoms with Crippen molar-refractivity contribution in [2.75, 3.05) is 13.2 Å². The molecule has 0 bridgehead atoms. The second kappa shape index (κ2) is 9.27. The van der Waals surface area contributed by atoms with Gasteiger partial charge in [0.25, 0.3) is 0 Å². The van der Waals surface area contributed by atoms with Crippen LogP contribution >= 0.6 is 12.2 Å². The number of aromatic amines is 1. The first-order chi connectivity index (χ1) is 17.7. The molecule has 178 valence electrons. The summed E-state index contributed by atoms with van der Waals surface area (Å²) in [6.07, 6.45) is 3.70. The Morgan fingerprint density at radius 3 is 2.58 bits per heavy atom. The topological polar surface area (TPSA) is 82.2 Å². The zero-order valence-electron chi connectivity index (χ0n) is 19.5. The Bertz CT molecular complexity index is 1630. The minimum absolute atomic E-state index is 0.404. The molecule has 3 heterocycles. The minimum Gasteiger partial charge on any atom is -0.486 e. The zero-order valence-corrected chi connectivity index (χ0v) is 20.3. The third kappa shape index (κ3) is 4.09. The van der Waals surface area contributed by atoms with E-state index in [4.69, 9.17) is 31.9 Å². The van der Waals surface area contributed by atoms with E-state index < -0.39 is 0 Å². The molecule has 1 N–H and O–H groups in total. The van der Waals surface area contributed by atoms with Crippen molar-refractivity contribution in [1.82, 2.24) is 24.7 Å². The number of aromatic nitrogens is 5. The molecule has 0 amide bonds. The van der Waals surface area contributed by atoms with Crippen LogP contribution in [0.1, 0.15) is 11.1 Å². The van der Waals surface area contributed by atoms with E-state index in [1.54, 1.807) is 10.9 Å². The van der Waals surface area contributed by atoms with Crippen molar-refractivity contribution in [2.45, 2.75) is 6.92 Å². The number of fused-ring (bicyclic) bond motifs is 1. The van der Waals surface area contributed by atoms with Crippen LogP contribution in [0.25, 0.3) is 28.3 Å². The van der Waals surface area contributed by atoms with E-state index in [9.17, 15) is 0 Å². The molecule has 0 saturated carbocycles. The molecule has 2 aromatic heterocycles. The van der Waals surface area contributed by atoms with Crippen molar-refractivity contribution < 1.29 is 9.47 Å². The van der Waals surface area contributed by atoms with Crippen molar-refractivity contribution in [3.05, 3.63) is 94.9 Å². The first-order valence-corrected chi connectivity index (χ1v) is 11.9. The summed E-state index contributed by atoms with van der Waals surface area (Å²) in [5.74, 6) is 2.08. The van der Waals surface area contributed by atoms with Gasteiger partial charge in [-0.05, 0) is 55.0 Å².